The monoisotopic (exact) mass is 469 g/mol. The van der Waals surface area contributed by atoms with Crippen LogP contribution >= 0.6 is 0 Å². The molecule has 0 saturated carbocycles. The Balaban J connectivity index is 2.09. The predicted molar refractivity (Wildman–Crippen MR) is 127 cm³/mol. The van der Waals surface area contributed by atoms with Gasteiger partial charge in [-0.05, 0) is 54.8 Å². The first-order valence-electron chi connectivity index (χ1n) is 11.2. The molecular weight excluding hydrogens is 438 g/mol. The molecule has 1 fully saturated rings. The van der Waals surface area contributed by atoms with E-state index in [4.69, 9.17) is 18.9 Å². The van der Waals surface area contributed by atoms with Crippen LogP contribution in [-0.2, 0) is 14.3 Å². The Labute approximate surface area is 199 Å². The van der Waals surface area contributed by atoms with E-state index < -0.39 is 17.7 Å². The van der Waals surface area contributed by atoms with Gasteiger partial charge in [-0.1, -0.05) is 13.0 Å². The van der Waals surface area contributed by atoms with Crippen LogP contribution in [0.1, 0.15) is 36.9 Å². The molecule has 3 rings (SSSR count). The summed E-state index contributed by atoms with van der Waals surface area (Å²) in [5.41, 5.74) is 1.07. The summed E-state index contributed by atoms with van der Waals surface area (Å²) in [7, 11) is 4.62. The standard InChI is InChI=1S/C26H31NO7/c1-5-14-34-19-10-7-17(8-11-19)24(28)22-23(18-9-12-20(32-3)21(16-18)33-4)27(13-6-15-31-2)26(30)25(22)29/h7-12,16,23,28H,5-6,13-15H2,1-4H3/b24-22-. The Kier molecular flexibility index (Phi) is 8.54. The highest BCUT2D eigenvalue weighted by molar-refractivity contribution is 6.46. The Morgan fingerprint density at radius 2 is 1.68 bits per heavy atom. The van der Waals surface area contributed by atoms with Crippen molar-refractivity contribution in [2.24, 2.45) is 0 Å². The maximum atomic E-state index is 13.1. The highest BCUT2D eigenvalue weighted by Gasteiger charge is 2.46. The highest BCUT2D eigenvalue weighted by atomic mass is 16.5. The lowest BCUT2D eigenvalue weighted by atomic mass is 9.95. The van der Waals surface area contributed by atoms with E-state index in [-0.39, 0.29) is 17.9 Å². The number of nitrogens with zero attached hydrogens (tertiary/aromatic N) is 1. The molecule has 0 aliphatic carbocycles. The molecule has 182 valence electrons. The lowest BCUT2D eigenvalue weighted by molar-refractivity contribution is -0.140. The van der Waals surface area contributed by atoms with Crippen LogP contribution in [0.25, 0.3) is 5.76 Å². The van der Waals surface area contributed by atoms with Gasteiger partial charge in [-0.3, -0.25) is 9.59 Å². The molecule has 1 atom stereocenters. The van der Waals surface area contributed by atoms with E-state index in [0.29, 0.717) is 48.0 Å². The summed E-state index contributed by atoms with van der Waals surface area (Å²) in [4.78, 5) is 27.6. The van der Waals surface area contributed by atoms with Crippen molar-refractivity contribution in [3.05, 3.63) is 59.2 Å². The first-order chi connectivity index (χ1) is 16.5. The van der Waals surface area contributed by atoms with Crippen LogP contribution in [-0.4, -0.2) is 62.8 Å². The molecule has 1 N–H and O–H groups in total. The topological polar surface area (TPSA) is 94.5 Å². The molecule has 1 amide bonds. The van der Waals surface area contributed by atoms with Crippen molar-refractivity contribution in [1.29, 1.82) is 0 Å². The lowest BCUT2D eigenvalue weighted by Gasteiger charge is -2.26. The molecule has 1 heterocycles. The molecule has 1 saturated heterocycles. The quantitative estimate of drug-likeness (QED) is 0.230. The number of rotatable bonds is 11. The summed E-state index contributed by atoms with van der Waals surface area (Å²) in [6.45, 7) is 3.32. The summed E-state index contributed by atoms with van der Waals surface area (Å²) in [5.74, 6) is -0.00391. The van der Waals surface area contributed by atoms with Crippen LogP contribution in [0, 0.1) is 0 Å². The van der Waals surface area contributed by atoms with E-state index in [9.17, 15) is 14.7 Å². The molecule has 1 aliphatic heterocycles. The van der Waals surface area contributed by atoms with Crippen LogP contribution in [0.5, 0.6) is 17.2 Å². The second kappa shape index (κ2) is 11.6. The van der Waals surface area contributed by atoms with Crippen molar-refractivity contribution in [2.45, 2.75) is 25.8 Å². The fraction of sp³-hybridized carbons (Fsp3) is 0.385. The number of aliphatic hydroxyl groups is 1. The fourth-order valence-electron chi connectivity index (χ4n) is 3.94. The SMILES string of the molecule is CCCOc1ccc(/C(O)=C2/C(=O)C(=O)N(CCCOC)C2c2ccc(OC)c(OC)c2)cc1. The van der Waals surface area contributed by atoms with Crippen molar-refractivity contribution >= 4 is 17.4 Å². The van der Waals surface area contributed by atoms with Crippen LogP contribution in [0.3, 0.4) is 0 Å². The van der Waals surface area contributed by atoms with Gasteiger partial charge in [-0.25, -0.2) is 0 Å². The van der Waals surface area contributed by atoms with Gasteiger partial charge >= 0.3 is 0 Å². The maximum Gasteiger partial charge on any atom is 0.295 e. The number of amides is 1. The number of likely N-dealkylation sites (tertiary alicyclic amines) is 1. The summed E-state index contributed by atoms with van der Waals surface area (Å²) in [5, 5.41) is 11.2. The number of carbonyl (C=O) groups is 2. The summed E-state index contributed by atoms with van der Waals surface area (Å²) < 4.78 is 21.5. The van der Waals surface area contributed by atoms with Crippen LogP contribution < -0.4 is 14.2 Å². The van der Waals surface area contributed by atoms with Crippen LogP contribution in [0.2, 0.25) is 0 Å². The van der Waals surface area contributed by atoms with Gasteiger partial charge in [0.05, 0.1) is 32.4 Å². The van der Waals surface area contributed by atoms with E-state index in [0.717, 1.165) is 6.42 Å². The number of Topliss-reactive ketones (excluding diaryl/α,β-unsaturated/α-hetero) is 1. The Morgan fingerprint density at radius 1 is 0.971 bits per heavy atom. The van der Waals surface area contributed by atoms with Gasteiger partial charge in [0.25, 0.3) is 11.7 Å². The fourth-order valence-corrected chi connectivity index (χ4v) is 3.94. The molecule has 0 aromatic heterocycles. The molecule has 1 aliphatic rings. The van der Waals surface area contributed by atoms with E-state index in [1.807, 2.05) is 6.92 Å². The number of hydrogen-bond donors (Lipinski definition) is 1. The van der Waals surface area contributed by atoms with E-state index >= 15 is 0 Å². The average Bonchev–Trinajstić information content (AvgIpc) is 3.12. The second-order valence-electron chi connectivity index (χ2n) is 7.83. The normalized spacial score (nSPS) is 17.2. The van der Waals surface area contributed by atoms with E-state index in [1.165, 1.54) is 19.1 Å². The van der Waals surface area contributed by atoms with Gasteiger partial charge in [0.1, 0.15) is 11.5 Å². The molecule has 34 heavy (non-hydrogen) atoms. The maximum absolute atomic E-state index is 13.1. The minimum atomic E-state index is -0.785. The third-order valence-corrected chi connectivity index (χ3v) is 5.61. The zero-order chi connectivity index (χ0) is 24.7. The van der Waals surface area contributed by atoms with E-state index in [2.05, 4.69) is 0 Å². The van der Waals surface area contributed by atoms with Crippen molar-refractivity contribution in [3.63, 3.8) is 0 Å². The summed E-state index contributed by atoms with van der Waals surface area (Å²) >= 11 is 0. The molecule has 0 bridgehead atoms. The molecule has 8 nitrogen and oxygen atoms in total. The average molecular weight is 470 g/mol. The largest absolute Gasteiger partial charge is 0.507 e. The van der Waals surface area contributed by atoms with Gasteiger partial charge in [0.2, 0.25) is 0 Å². The van der Waals surface area contributed by atoms with Crippen LogP contribution in [0.15, 0.2) is 48.0 Å². The number of aliphatic hydroxyl groups excluding tert-OH is 1. The molecule has 2 aromatic rings. The predicted octanol–water partition coefficient (Wildman–Crippen LogP) is 3.95. The van der Waals surface area contributed by atoms with Gasteiger partial charge in [0.15, 0.2) is 11.5 Å². The lowest BCUT2D eigenvalue weighted by Crippen LogP contribution is -2.31. The molecular formula is C26H31NO7. The van der Waals surface area contributed by atoms with E-state index in [1.54, 1.807) is 49.6 Å². The number of carbonyl (C=O) groups excluding carboxylic acids is 2. The smallest absolute Gasteiger partial charge is 0.295 e. The minimum absolute atomic E-state index is 0.0249. The second-order valence-corrected chi connectivity index (χ2v) is 7.83. The summed E-state index contributed by atoms with van der Waals surface area (Å²) in [6.07, 6.45) is 1.41. The van der Waals surface area contributed by atoms with Crippen LogP contribution in [0.4, 0.5) is 0 Å². The first-order valence-corrected chi connectivity index (χ1v) is 11.2. The number of ether oxygens (including phenoxy) is 4. The zero-order valence-electron chi connectivity index (χ0n) is 20.0. The zero-order valence-corrected chi connectivity index (χ0v) is 20.0. The van der Waals surface area contributed by atoms with Gasteiger partial charge in [0, 0.05) is 25.8 Å². The number of benzene rings is 2. The van der Waals surface area contributed by atoms with Crippen molar-refractivity contribution in [1.82, 2.24) is 4.90 Å². The van der Waals surface area contributed by atoms with Gasteiger partial charge in [-0.2, -0.15) is 0 Å². The Morgan fingerprint density at radius 3 is 2.29 bits per heavy atom. The molecule has 0 radical (unpaired) electrons. The summed E-state index contributed by atoms with van der Waals surface area (Å²) in [6, 6.07) is 11.2. The molecule has 0 spiro atoms. The van der Waals surface area contributed by atoms with Crippen molar-refractivity contribution in [3.8, 4) is 17.2 Å². The third-order valence-electron chi connectivity index (χ3n) is 5.61. The Bertz CT molecular complexity index is 1050. The first kappa shape index (κ1) is 25.1. The molecule has 1 unspecified atom stereocenters. The van der Waals surface area contributed by atoms with Gasteiger partial charge in [-0.15, -0.1) is 0 Å². The minimum Gasteiger partial charge on any atom is -0.507 e. The third kappa shape index (κ3) is 5.17. The van der Waals surface area contributed by atoms with Crippen molar-refractivity contribution in [2.75, 3.05) is 41.1 Å². The molecule has 2 aromatic carbocycles. The molecule has 8 heteroatoms. The van der Waals surface area contributed by atoms with Gasteiger partial charge < -0.3 is 29.0 Å². The Hall–Kier alpha value is -3.52. The number of methoxy groups -OCH3 is 3. The number of hydrogen-bond acceptors (Lipinski definition) is 7. The number of ketones is 1. The highest BCUT2D eigenvalue weighted by Crippen LogP contribution is 2.42. The van der Waals surface area contributed by atoms with Crippen molar-refractivity contribution < 1.29 is 33.6 Å².